The van der Waals surface area contributed by atoms with Gasteiger partial charge in [-0.05, 0) is 0 Å². The van der Waals surface area contributed by atoms with Crippen LogP contribution in [-0.4, -0.2) is 33.2 Å². The molecule has 2 aromatic rings. The van der Waals surface area contributed by atoms with E-state index in [0.717, 1.165) is 18.2 Å². The molecule has 0 aliphatic rings. The number of fused-ring (bicyclic) bond motifs is 1. The summed E-state index contributed by atoms with van der Waals surface area (Å²) < 4.78 is 0. The predicted octanol–water partition coefficient (Wildman–Crippen LogP) is 3.33. The number of carboxylic acids is 3. The number of hydrogen-bond acceptors (Lipinski definition) is 3. The molecule has 0 unspecified atom stereocenters. The van der Waals surface area contributed by atoms with Gasteiger partial charge in [-0.25, -0.2) is 14.4 Å². The molecule has 25 heavy (non-hydrogen) atoms. The quantitative estimate of drug-likeness (QED) is 0.429. The number of rotatable bonds is 3. The maximum absolute atomic E-state index is 9.25. The van der Waals surface area contributed by atoms with Gasteiger partial charge >= 0.3 is 17.9 Å². The second-order valence-corrected chi connectivity index (χ2v) is 3.78. The van der Waals surface area contributed by atoms with Crippen molar-refractivity contribution in [1.82, 2.24) is 0 Å². The molecule has 0 heterocycles. The Bertz CT molecular complexity index is 615. The third kappa shape index (κ3) is 19.1. The second-order valence-electron chi connectivity index (χ2n) is 3.78. The Labute approximate surface area is 160 Å². The van der Waals surface area contributed by atoms with Gasteiger partial charge in [0.25, 0.3) is 0 Å². The van der Waals surface area contributed by atoms with Crippen LogP contribution in [0.1, 0.15) is 0 Å². The molecular formula is C18H19O6Ti-. The summed E-state index contributed by atoms with van der Waals surface area (Å²) in [6, 6.07) is 14.7. The monoisotopic (exact) mass is 379 g/mol. The second kappa shape index (κ2) is 17.5. The first-order chi connectivity index (χ1) is 11.3. The van der Waals surface area contributed by atoms with E-state index < -0.39 is 17.9 Å². The SMILES string of the molecule is C=CC(=O)O.C=CC(=O)O.C=CC(=O)O.[Ti].c1ccc2[cH-]ccc2c1. The maximum atomic E-state index is 9.25. The van der Waals surface area contributed by atoms with E-state index in [4.69, 9.17) is 15.3 Å². The fourth-order valence-electron chi connectivity index (χ4n) is 1.07. The van der Waals surface area contributed by atoms with Crippen LogP contribution in [0.4, 0.5) is 0 Å². The van der Waals surface area contributed by atoms with E-state index in [2.05, 4.69) is 62.2 Å². The minimum absolute atomic E-state index is 0. The minimum atomic E-state index is -0.981. The molecule has 6 nitrogen and oxygen atoms in total. The summed E-state index contributed by atoms with van der Waals surface area (Å²) in [7, 11) is 0. The summed E-state index contributed by atoms with van der Waals surface area (Å²) in [6.07, 6.45) is 2.50. The molecule has 3 N–H and O–H groups in total. The molecular weight excluding hydrogens is 360 g/mol. The Kier molecular flexibility index (Phi) is 19.0. The molecule has 2 rings (SSSR count). The number of hydrogen-bond donors (Lipinski definition) is 3. The minimum Gasteiger partial charge on any atom is -0.478 e. The molecule has 0 amide bonds. The molecule has 7 heteroatoms. The molecule has 132 valence electrons. The van der Waals surface area contributed by atoms with Gasteiger partial charge in [-0.3, -0.25) is 0 Å². The van der Waals surface area contributed by atoms with Crippen molar-refractivity contribution in [3.8, 4) is 0 Å². The van der Waals surface area contributed by atoms with Gasteiger partial charge in [0.2, 0.25) is 0 Å². The van der Waals surface area contributed by atoms with Gasteiger partial charge in [0.1, 0.15) is 0 Å². The van der Waals surface area contributed by atoms with Crippen molar-refractivity contribution in [3.63, 3.8) is 0 Å². The number of carbonyl (C=O) groups is 3. The summed E-state index contributed by atoms with van der Waals surface area (Å²) in [5.41, 5.74) is 0. The first kappa shape index (κ1) is 27.0. The third-order valence-electron chi connectivity index (χ3n) is 2.07. The average Bonchev–Trinajstić information content (AvgIpc) is 3.05. The summed E-state index contributed by atoms with van der Waals surface area (Å²) in [4.78, 5) is 27.8. The van der Waals surface area contributed by atoms with E-state index in [9.17, 15) is 14.4 Å². The molecule has 0 fully saturated rings. The molecule has 0 saturated carbocycles. The van der Waals surface area contributed by atoms with Crippen LogP contribution >= 0.6 is 0 Å². The van der Waals surface area contributed by atoms with Crippen molar-refractivity contribution in [3.05, 3.63) is 80.4 Å². The van der Waals surface area contributed by atoms with Crippen molar-refractivity contribution >= 4 is 28.7 Å². The average molecular weight is 379 g/mol. The van der Waals surface area contributed by atoms with E-state index in [1.54, 1.807) is 0 Å². The van der Waals surface area contributed by atoms with Gasteiger partial charge < -0.3 is 15.3 Å². The predicted molar refractivity (Wildman–Crippen MR) is 93.0 cm³/mol. The zero-order valence-electron chi connectivity index (χ0n) is 13.5. The Morgan fingerprint density at radius 3 is 1.48 bits per heavy atom. The third-order valence-corrected chi connectivity index (χ3v) is 2.07. The van der Waals surface area contributed by atoms with Gasteiger partial charge in [0.05, 0.1) is 0 Å². The zero-order valence-corrected chi connectivity index (χ0v) is 15.0. The fourth-order valence-corrected chi connectivity index (χ4v) is 1.07. The smallest absolute Gasteiger partial charge is 0.327 e. The Morgan fingerprint density at radius 1 is 0.800 bits per heavy atom. The normalized spacial score (nSPS) is 7.52. The molecule has 0 atom stereocenters. The summed E-state index contributed by atoms with van der Waals surface area (Å²) in [5.74, 6) is -2.94. The molecule has 0 spiro atoms. The summed E-state index contributed by atoms with van der Waals surface area (Å²) in [5, 5.41) is 25.5. The summed E-state index contributed by atoms with van der Waals surface area (Å²) >= 11 is 0. The fraction of sp³-hybridized carbons (Fsp3) is 0. The van der Waals surface area contributed by atoms with Gasteiger partial charge in [-0.15, -0.1) is 29.7 Å². The first-order valence-corrected chi connectivity index (χ1v) is 6.45. The van der Waals surface area contributed by atoms with Crippen LogP contribution in [-0.2, 0) is 36.1 Å². The standard InChI is InChI=1S/C9H7.3C3H4O2.Ti/c1-2-5-9-7-3-6-8(9)4-1;3*1-2-3(4)5;/h1-7H;3*2H,1H2,(H,4,5);/q-1;;;;. The molecule has 0 bridgehead atoms. The van der Waals surface area contributed by atoms with E-state index in [1.165, 1.54) is 10.8 Å². The molecule has 0 saturated heterocycles. The van der Waals surface area contributed by atoms with Crippen molar-refractivity contribution < 1.29 is 51.4 Å². The number of carboxylic acid groups (broad SMARTS) is 3. The molecule has 0 aliphatic heterocycles. The van der Waals surface area contributed by atoms with Crippen molar-refractivity contribution in [2.45, 2.75) is 0 Å². The van der Waals surface area contributed by atoms with Crippen LogP contribution in [0.15, 0.2) is 80.4 Å². The molecule has 2 aromatic carbocycles. The summed E-state index contributed by atoms with van der Waals surface area (Å²) in [6.45, 7) is 8.88. The van der Waals surface area contributed by atoms with Crippen LogP contribution in [0, 0.1) is 0 Å². The van der Waals surface area contributed by atoms with E-state index >= 15 is 0 Å². The van der Waals surface area contributed by atoms with Crippen LogP contribution in [0.5, 0.6) is 0 Å². The number of aliphatic carboxylic acids is 3. The topological polar surface area (TPSA) is 112 Å². The van der Waals surface area contributed by atoms with E-state index in [1.807, 2.05) is 0 Å². The molecule has 0 radical (unpaired) electrons. The largest absolute Gasteiger partial charge is 0.478 e. The Balaban J connectivity index is -0.000000269. The van der Waals surface area contributed by atoms with Gasteiger partial charge in [-0.2, -0.15) is 17.5 Å². The van der Waals surface area contributed by atoms with Crippen molar-refractivity contribution in [2.24, 2.45) is 0 Å². The van der Waals surface area contributed by atoms with Gasteiger partial charge in [0, 0.05) is 39.9 Å². The molecule has 0 aromatic heterocycles. The van der Waals surface area contributed by atoms with Gasteiger partial charge in [-0.1, -0.05) is 25.8 Å². The number of benzene rings is 1. The maximum Gasteiger partial charge on any atom is 0.327 e. The van der Waals surface area contributed by atoms with E-state index in [0.29, 0.717) is 0 Å². The zero-order chi connectivity index (χ0) is 19.0. The van der Waals surface area contributed by atoms with Crippen molar-refractivity contribution in [1.29, 1.82) is 0 Å². The first-order valence-electron chi connectivity index (χ1n) is 6.45. The Morgan fingerprint density at radius 2 is 1.16 bits per heavy atom. The van der Waals surface area contributed by atoms with Crippen LogP contribution in [0.25, 0.3) is 10.8 Å². The van der Waals surface area contributed by atoms with Crippen LogP contribution in [0.2, 0.25) is 0 Å². The van der Waals surface area contributed by atoms with Crippen molar-refractivity contribution in [2.75, 3.05) is 0 Å². The van der Waals surface area contributed by atoms with Crippen LogP contribution in [0.3, 0.4) is 0 Å². The Hall–Kier alpha value is -2.83. The van der Waals surface area contributed by atoms with Gasteiger partial charge in [0.15, 0.2) is 0 Å². The van der Waals surface area contributed by atoms with E-state index in [-0.39, 0.29) is 21.7 Å². The van der Waals surface area contributed by atoms with Crippen LogP contribution < -0.4 is 0 Å². The molecule has 0 aliphatic carbocycles.